The molecule has 2 N–H and O–H groups in total. The van der Waals surface area contributed by atoms with Gasteiger partial charge in [0.05, 0.1) is 0 Å². The van der Waals surface area contributed by atoms with Crippen LogP contribution in [0.2, 0.25) is 0 Å². The zero-order chi connectivity index (χ0) is 21.5. The molecule has 0 aliphatic carbocycles. The van der Waals surface area contributed by atoms with E-state index in [1.165, 1.54) is 12.1 Å². The topological polar surface area (TPSA) is 89.1 Å². The number of ether oxygens (including phenoxy) is 2. The summed E-state index contributed by atoms with van der Waals surface area (Å²) < 4.78 is 24.2. The van der Waals surface area contributed by atoms with Crippen LogP contribution in [0.15, 0.2) is 78.9 Å². The summed E-state index contributed by atoms with van der Waals surface area (Å²) in [5.41, 5.74) is 1.73. The molecule has 4 aromatic rings. The number of aromatic nitrogens is 3. The van der Waals surface area contributed by atoms with E-state index in [4.69, 9.17) is 9.47 Å². The lowest BCUT2D eigenvalue weighted by molar-refractivity contribution is -0.118. The van der Waals surface area contributed by atoms with Crippen LogP contribution in [0.1, 0.15) is 5.56 Å². The predicted molar refractivity (Wildman–Crippen MR) is 113 cm³/mol. The van der Waals surface area contributed by atoms with E-state index in [9.17, 15) is 9.18 Å². The van der Waals surface area contributed by atoms with Gasteiger partial charge in [-0.3, -0.25) is 15.2 Å². The van der Waals surface area contributed by atoms with Crippen molar-refractivity contribution in [3.05, 3.63) is 90.2 Å². The smallest absolute Gasteiger partial charge is 0.264 e. The summed E-state index contributed by atoms with van der Waals surface area (Å²) in [6.07, 6.45) is 0. The maximum atomic E-state index is 13.0. The number of anilines is 1. The molecule has 1 heterocycles. The minimum Gasteiger partial charge on any atom is -0.489 e. The molecule has 1 aromatic heterocycles. The van der Waals surface area contributed by atoms with E-state index in [2.05, 4.69) is 20.5 Å². The first-order valence-electron chi connectivity index (χ1n) is 9.53. The van der Waals surface area contributed by atoms with Crippen molar-refractivity contribution in [1.82, 2.24) is 15.2 Å². The fourth-order valence-electron chi connectivity index (χ4n) is 2.74. The summed E-state index contributed by atoms with van der Waals surface area (Å²) in [4.78, 5) is 16.3. The lowest BCUT2D eigenvalue weighted by atomic mass is 10.2. The molecule has 0 bridgehead atoms. The van der Waals surface area contributed by atoms with Crippen molar-refractivity contribution in [2.75, 3.05) is 11.9 Å². The maximum Gasteiger partial charge on any atom is 0.264 e. The second kappa shape index (κ2) is 9.53. The highest BCUT2D eigenvalue weighted by Crippen LogP contribution is 2.19. The molecule has 4 rings (SSSR count). The Morgan fingerprint density at radius 3 is 2.29 bits per heavy atom. The quantitative estimate of drug-likeness (QED) is 0.448. The van der Waals surface area contributed by atoms with Crippen molar-refractivity contribution in [3.63, 3.8) is 0 Å². The number of nitrogens with one attached hydrogen (secondary N) is 2. The lowest BCUT2D eigenvalue weighted by Gasteiger charge is -2.08. The van der Waals surface area contributed by atoms with Crippen LogP contribution in [0.3, 0.4) is 0 Å². The van der Waals surface area contributed by atoms with E-state index in [0.717, 1.165) is 5.56 Å². The van der Waals surface area contributed by atoms with E-state index >= 15 is 0 Å². The number of carbonyl (C=O) groups is 1. The molecular weight excluding hydrogens is 399 g/mol. The average Bonchev–Trinajstić information content (AvgIpc) is 3.26. The number of hydrogen-bond donors (Lipinski definition) is 2. The molecule has 7 nitrogen and oxygen atoms in total. The van der Waals surface area contributed by atoms with Crippen LogP contribution in [-0.4, -0.2) is 27.7 Å². The van der Waals surface area contributed by atoms with Gasteiger partial charge in [-0.1, -0.05) is 30.3 Å². The number of benzene rings is 3. The van der Waals surface area contributed by atoms with Gasteiger partial charge in [-0.05, 0) is 54.1 Å². The van der Waals surface area contributed by atoms with E-state index in [0.29, 0.717) is 29.5 Å². The molecule has 31 heavy (non-hydrogen) atoms. The van der Waals surface area contributed by atoms with Gasteiger partial charge < -0.3 is 9.47 Å². The molecule has 0 radical (unpaired) electrons. The van der Waals surface area contributed by atoms with Crippen LogP contribution >= 0.6 is 0 Å². The third kappa shape index (κ3) is 5.66. The van der Waals surface area contributed by atoms with Crippen LogP contribution < -0.4 is 14.8 Å². The Labute approximate surface area is 177 Å². The van der Waals surface area contributed by atoms with E-state index in [1.807, 2.05) is 30.3 Å². The second-order valence-electron chi connectivity index (χ2n) is 6.60. The largest absolute Gasteiger partial charge is 0.489 e. The van der Waals surface area contributed by atoms with Crippen LogP contribution in [0.4, 0.5) is 10.3 Å². The van der Waals surface area contributed by atoms with Gasteiger partial charge in [0.25, 0.3) is 5.91 Å². The fraction of sp³-hybridized carbons (Fsp3) is 0.0870. The van der Waals surface area contributed by atoms with E-state index < -0.39 is 5.91 Å². The molecule has 1 amide bonds. The fourth-order valence-corrected chi connectivity index (χ4v) is 2.74. The number of nitrogens with zero attached hydrogens (tertiary/aromatic N) is 2. The molecule has 0 aliphatic heterocycles. The molecule has 0 unspecified atom stereocenters. The number of H-pyrrole nitrogens is 1. The van der Waals surface area contributed by atoms with Gasteiger partial charge in [0.2, 0.25) is 5.95 Å². The minimum atomic E-state index is -0.408. The number of aromatic amines is 1. The summed E-state index contributed by atoms with van der Waals surface area (Å²) in [6, 6.07) is 22.7. The summed E-state index contributed by atoms with van der Waals surface area (Å²) in [5, 5.41) is 9.18. The van der Waals surface area contributed by atoms with Gasteiger partial charge in [0, 0.05) is 5.56 Å². The predicted octanol–water partition coefficient (Wildman–Crippen LogP) is 4.21. The standard InChI is InChI=1S/C23H19FN4O3/c24-18-8-6-17(7-9-18)22-26-23(28-27-22)25-21(29)15-31-20-12-10-19(11-13-20)30-14-16-4-2-1-3-5-16/h1-13H,14-15H2,(H2,25,26,27,28,29). The Kier molecular flexibility index (Phi) is 6.18. The summed E-state index contributed by atoms with van der Waals surface area (Å²) >= 11 is 0. The molecule has 0 fully saturated rings. The second-order valence-corrected chi connectivity index (χ2v) is 6.60. The lowest BCUT2D eigenvalue weighted by Crippen LogP contribution is -2.20. The summed E-state index contributed by atoms with van der Waals surface area (Å²) in [7, 11) is 0. The third-order valence-corrected chi connectivity index (χ3v) is 4.30. The zero-order valence-electron chi connectivity index (χ0n) is 16.4. The first kappa shape index (κ1) is 20.1. The number of rotatable bonds is 8. The van der Waals surface area contributed by atoms with Crippen LogP contribution in [-0.2, 0) is 11.4 Å². The molecule has 0 saturated carbocycles. The Bertz CT molecular complexity index is 1130. The van der Waals surface area contributed by atoms with Crippen LogP contribution in [0, 0.1) is 5.82 Å². The van der Waals surface area contributed by atoms with Crippen LogP contribution in [0.5, 0.6) is 11.5 Å². The zero-order valence-corrected chi connectivity index (χ0v) is 16.4. The van der Waals surface area contributed by atoms with Crippen molar-refractivity contribution in [2.45, 2.75) is 6.61 Å². The van der Waals surface area contributed by atoms with Gasteiger partial charge in [0.15, 0.2) is 12.4 Å². The monoisotopic (exact) mass is 418 g/mol. The van der Waals surface area contributed by atoms with Crippen molar-refractivity contribution in [3.8, 4) is 22.9 Å². The molecule has 0 spiro atoms. The molecule has 8 heteroatoms. The Hall–Kier alpha value is -4.20. The first-order chi connectivity index (χ1) is 15.2. The van der Waals surface area contributed by atoms with Crippen molar-refractivity contribution >= 4 is 11.9 Å². The molecule has 3 aromatic carbocycles. The maximum absolute atomic E-state index is 13.0. The van der Waals surface area contributed by atoms with E-state index in [-0.39, 0.29) is 18.4 Å². The summed E-state index contributed by atoms with van der Waals surface area (Å²) in [5.74, 6) is 1.01. The highest BCUT2D eigenvalue weighted by atomic mass is 19.1. The average molecular weight is 418 g/mol. The number of carbonyl (C=O) groups excluding carboxylic acids is 1. The van der Waals surface area contributed by atoms with Gasteiger partial charge in [-0.2, -0.15) is 4.98 Å². The molecule has 0 saturated heterocycles. The van der Waals surface area contributed by atoms with E-state index in [1.54, 1.807) is 36.4 Å². The summed E-state index contributed by atoms with van der Waals surface area (Å²) in [6.45, 7) is 0.269. The van der Waals surface area contributed by atoms with Crippen LogP contribution in [0.25, 0.3) is 11.4 Å². The number of halogens is 1. The Balaban J connectivity index is 1.25. The van der Waals surface area contributed by atoms with Gasteiger partial charge >= 0.3 is 0 Å². The minimum absolute atomic E-state index is 0.109. The molecular formula is C23H19FN4O3. The van der Waals surface area contributed by atoms with Gasteiger partial charge in [-0.25, -0.2) is 4.39 Å². The third-order valence-electron chi connectivity index (χ3n) is 4.30. The first-order valence-corrected chi connectivity index (χ1v) is 9.53. The van der Waals surface area contributed by atoms with Crippen molar-refractivity contribution in [2.24, 2.45) is 0 Å². The van der Waals surface area contributed by atoms with Crippen molar-refractivity contribution in [1.29, 1.82) is 0 Å². The molecule has 156 valence electrons. The normalized spacial score (nSPS) is 10.5. The SMILES string of the molecule is O=C(COc1ccc(OCc2ccccc2)cc1)Nc1n[nH]c(-c2ccc(F)cc2)n1. The van der Waals surface area contributed by atoms with Crippen molar-refractivity contribution < 1.29 is 18.7 Å². The number of amides is 1. The highest BCUT2D eigenvalue weighted by Gasteiger charge is 2.10. The van der Waals surface area contributed by atoms with Gasteiger partial charge in [0.1, 0.15) is 23.9 Å². The van der Waals surface area contributed by atoms with Gasteiger partial charge in [-0.15, -0.1) is 5.10 Å². The highest BCUT2D eigenvalue weighted by molar-refractivity contribution is 5.90. The number of hydrogen-bond acceptors (Lipinski definition) is 5. The Morgan fingerprint density at radius 2 is 1.58 bits per heavy atom. The molecule has 0 aliphatic rings. The molecule has 0 atom stereocenters. The Morgan fingerprint density at radius 1 is 0.903 bits per heavy atom.